The van der Waals surface area contributed by atoms with Crippen molar-refractivity contribution in [2.45, 2.75) is 39.3 Å². The maximum Gasteiger partial charge on any atom is 0.255 e. The number of carbonyl (C=O) groups is 1. The van der Waals surface area contributed by atoms with Gasteiger partial charge < -0.3 is 18.8 Å². The average Bonchev–Trinajstić information content (AvgIpc) is 3.10. The topological polar surface area (TPSA) is 52.3 Å². The standard InChI is InChI=1S/C18H26N4O2/c1-13-10-16(14(2)22(13)15-6-5-9-24-12-15)18(23)21(4)11-17-19-7-8-20(17)3/h7-8,10,15H,5-6,9,11-12H2,1-4H3. The normalized spacial score (nSPS) is 17.9. The Morgan fingerprint density at radius 1 is 1.46 bits per heavy atom. The van der Waals surface area contributed by atoms with Crippen molar-refractivity contribution in [3.8, 4) is 0 Å². The van der Waals surface area contributed by atoms with Gasteiger partial charge in [-0.1, -0.05) is 0 Å². The molecule has 130 valence electrons. The van der Waals surface area contributed by atoms with E-state index in [1.807, 2.05) is 37.8 Å². The Kier molecular flexibility index (Phi) is 4.76. The summed E-state index contributed by atoms with van der Waals surface area (Å²) in [5, 5.41) is 0. The van der Waals surface area contributed by atoms with E-state index in [9.17, 15) is 4.79 Å². The van der Waals surface area contributed by atoms with E-state index in [0.29, 0.717) is 12.6 Å². The first kappa shape index (κ1) is 16.8. The molecular formula is C18H26N4O2. The second-order valence-electron chi connectivity index (χ2n) is 6.64. The van der Waals surface area contributed by atoms with Crippen LogP contribution in [0.15, 0.2) is 18.5 Å². The highest BCUT2D eigenvalue weighted by atomic mass is 16.5. The van der Waals surface area contributed by atoms with Crippen molar-refractivity contribution in [1.82, 2.24) is 19.0 Å². The van der Waals surface area contributed by atoms with Gasteiger partial charge in [-0.2, -0.15) is 0 Å². The van der Waals surface area contributed by atoms with E-state index in [2.05, 4.69) is 16.5 Å². The van der Waals surface area contributed by atoms with Crippen molar-refractivity contribution < 1.29 is 9.53 Å². The molecule has 1 unspecified atom stereocenters. The summed E-state index contributed by atoms with van der Waals surface area (Å²) in [6.07, 6.45) is 5.82. The van der Waals surface area contributed by atoms with Gasteiger partial charge >= 0.3 is 0 Å². The van der Waals surface area contributed by atoms with Gasteiger partial charge in [-0.25, -0.2) is 4.98 Å². The lowest BCUT2D eigenvalue weighted by Gasteiger charge is -2.26. The molecule has 1 amide bonds. The summed E-state index contributed by atoms with van der Waals surface area (Å²) in [4.78, 5) is 18.9. The number of rotatable bonds is 4. The van der Waals surface area contributed by atoms with Crippen LogP contribution in [0.25, 0.3) is 0 Å². The fourth-order valence-electron chi connectivity index (χ4n) is 3.52. The Balaban J connectivity index is 1.81. The number of aromatic nitrogens is 3. The third kappa shape index (κ3) is 3.11. The Morgan fingerprint density at radius 2 is 2.25 bits per heavy atom. The van der Waals surface area contributed by atoms with Gasteiger partial charge in [0.05, 0.1) is 24.8 Å². The highest BCUT2D eigenvalue weighted by Crippen LogP contribution is 2.27. The van der Waals surface area contributed by atoms with Crippen LogP contribution in [0.5, 0.6) is 0 Å². The van der Waals surface area contributed by atoms with Crippen LogP contribution >= 0.6 is 0 Å². The Labute approximate surface area is 143 Å². The van der Waals surface area contributed by atoms with Crippen LogP contribution in [0.4, 0.5) is 0 Å². The van der Waals surface area contributed by atoms with Crippen LogP contribution in [0.2, 0.25) is 0 Å². The molecular weight excluding hydrogens is 304 g/mol. The van der Waals surface area contributed by atoms with Gasteiger partial charge in [-0.05, 0) is 32.8 Å². The maximum atomic E-state index is 12.9. The molecule has 0 aliphatic carbocycles. The molecule has 1 aliphatic rings. The summed E-state index contributed by atoms with van der Waals surface area (Å²) in [5.74, 6) is 0.911. The van der Waals surface area contributed by atoms with Crippen molar-refractivity contribution in [1.29, 1.82) is 0 Å². The number of ether oxygens (including phenoxy) is 1. The molecule has 0 bridgehead atoms. The largest absolute Gasteiger partial charge is 0.379 e. The van der Waals surface area contributed by atoms with Gasteiger partial charge in [-0.3, -0.25) is 4.79 Å². The van der Waals surface area contributed by atoms with Crippen LogP contribution in [-0.2, 0) is 18.3 Å². The zero-order valence-corrected chi connectivity index (χ0v) is 15.0. The molecule has 0 radical (unpaired) electrons. The van der Waals surface area contributed by atoms with Crippen LogP contribution in [-0.4, -0.2) is 45.2 Å². The van der Waals surface area contributed by atoms with E-state index in [0.717, 1.165) is 48.8 Å². The minimum Gasteiger partial charge on any atom is -0.379 e. The van der Waals surface area contributed by atoms with Crippen molar-refractivity contribution in [2.75, 3.05) is 20.3 Å². The fraction of sp³-hybridized carbons (Fsp3) is 0.556. The van der Waals surface area contributed by atoms with Crippen molar-refractivity contribution >= 4 is 5.91 Å². The first-order chi connectivity index (χ1) is 11.5. The predicted octanol–water partition coefficient (Wildman–Crippen LogP) is 2.46. The van der Waals surface area contributed by atoms with Crippen LogP contribution in [0, 0.1) is 13.8 Å². The molecule has 0 spiro atoms. The Morgan fingerprint density at radius 3 is 2.88 bits per heavy atom. The highest BCUT2D eigenvalue weighted by Gasteiger charge is 2.24. The minimum absolute atomic E-state index is 0.0362. The molecule has 1 atom stereocenters. The maximum absolute atomic E-state index is 12.9. The fourth-order valence-corrected chi connectivity index (χ4v) is 3.52. The third-order valence-electron chi connectivity index (χ3n) is 4.86. The average molecular weight is 330 g/mol. The monoisotopic (exact) mass is 330 g/mol. The predicted molar refractivity (Wildman–Crippen MR) is 92.0 cm³/mol. The lowest BCUT2D eigenvalue weighted by Crippen LogP contribution is -2.28. The van der Waals surface area contributed by atoms with Crippen LogP contribution in [0.1, 0.15) is 46.5 Å². The molecule has 24 heavy (non-hydrogen) atoms. The first-order valence-corrected chi connectivity index (χ1v) is 8.47. The summed E-state index contributed by atoms with van der Waals surface area (Å²) in [6.45, 7) is 6.17. The van der Waals surface area contributed by atoms with Gasteiger partial charge in [0, 0.05) is 44.5 Å². The number of aryl methyl sites for hydroxylation is 2. The molecule has 0 aromatic carbocycles. The number of amides is 1. The number of carbonyl (C=O) groups excluding carboxylic acids is 1. The van der Waals surface area contributed by atoms with E-state index in [1.54, 1.807) is 11.1 Å². The minimum atomic E-state index is 0.0362. The van der Waals surface area contributed by atoms with E-state index in [-0.39, 0.29) is 5.91 Å². The number of hydrogen-bond donors (Lipinski definition) is 0. The number of imidazole rings is 1. The lowest BCUT2D eigenvalue weighted by molar-refractivity contribution is 0.0578. The number of nitrogens with zero attached hydrogens (tertiary/aromatic N) is 4. The molecule has 1 saturated heterocycles. The van der Waals surface area contributed by atoms with E-state index < -0.39 is 0 Å². The zero-order valence-electron chi connectivity index (χ0n) is 15.0. The highest BCUT2D eigenvalue weighted by molar-refractivity contribution is 5.95. The molecule has 6 nitrogen and oxygen atoms in total. The Hall–Kier alpha value is -2.08. The molecule has 3 rings (SSSR count). The molecule has 1 aliphatic heterocycles. The van der Waals surface area contributed by atoms with E-state index >= 15 is 0 Å². The van der Waals surface area contributed by atoms with Gasteiger partial charge in [0.1, 0.15) is 5.82 Å². The number of hydrogen-bond acceptors (Lipinski definition) is 3. The first-order valence-electron chi connectivity index (χ1n) is 8.47. The summed E-state index contributed by atoms with van der Waals surface area (Å²) < 4.78 is 9.82. The van der Waals surface area contributed by atoms with Crippen LogP contribution in [0.3, 0.4) is 0 Å². The van der Waals surface area contributed by atoms with Crippen molar-refractivity contribution in [3.05, 3.63) is 41.2 Å². The third-order valence-corrected chi connectivity index (χ3v) is 4.86. The Bertz CT molecular complexity index is 725. The zero-order chi connectivity index (χ0) is 17.3. The second kappa shape index (κ2) is 6.81. The molecule has 0 saturated carbocycles. The smallest absolute Gasteiger partial charge is 0.255 e. The molecule has 2 aromatic heterocycles. The molecule has 1 fully saturated rings. The lowest BCUT2D eigenvalue weighted by atomic mass is 10.1. The van der Waals surface area contributed by atoms with Gasteiger partial charge in [0.25, 0.3) is 5.91 Å². The SMILES string of the molecule is Cc1cc(C(=O)N(C)Cc2nccn2C)c(C)n1C1CCCOC1. The second-order valence-corrected chi connectivity index (χ2v) is 6.64. The quantitative estimate of drug-likeness (QED) is 0.865. The van der Waals surface area contributed by atoms with E-state index in [4.69, 9.17) is 4.74 Å². The van der Waals surface area contributed by atoms with Crippen LogP contribution < -0.4 is 0 Å². The van der Waals surface area contributed by atoms with Gasteiger partial charge in [-0.15, -0.1) is 0 Å². The van der Waals surface area contributed by atoms with E-state index in [1.165, 1.54) is 0 Å². The molecule has 6 heteroatoms. The van der Waals surface area contributed by atoms with Crippen molar-refractivity contribution in [3.63, 3.8) is 0 Å². The summed E-state index contributed by atoms with van der Waals surface area (Å²) in [7, 11) is 3.77. The summed E-state index contributed by atoms with van der Waals surface area (Å²) in [6, 6.07) is 2.33. The molecule has 2 aromatic rings. The summed E-state index contributed by atoms with van der Waals surface area (Å²) in [5.41, 5.74) is 2.92. The molecule has 0 N–H and O–H groups in total. The molecule has 3 heterocycles. The summed E-state index contributed by atoms with van der Waals surface area (Å²) >= 11 is 0. The van der Waals surface area contributed by atoms with Crippen molar-refractivity contribution in [2.24, 2.45) is 7.05 Å². The van der Waals surface area contributed by atoms with Gasteiger partial charge in [0.15, 0.2) is 0 Å². The van der Waals surface area contributed by atoms with Gasteiger partial charge in [0.2, 0.25) is 0 Å².